The molecule has 0 atom stereocenters. The third kappa shape index (κ3) is 0.763. The summed E-state index contributed by atoms with van der Waals surface area (Å²) in [6.45, 7) is 1.62. The molecule has 1 aliphatic rings. The molecule has 1 aromatic rings. The Kier molecular flexibility index (Phi) is 1.27. The number of fused-ring (bicyclic) bond motifs is 1. The van der Waals surface area contributed by atoms with Gasteiger partial charge in [0.05, 0.1) is 11.8 Å². The average molecular weight is 162 g/mol. The van der Waals surface area contributed by atoms with E-state index >= 15 is 0 Å². The molecule has 2 rings (SSSR count). The molecule has 1 heterocycles. The second-order valence-corrected chi connectivity index (χ2v) is 2.68. The van der Waals surface area contributed by atoms with E-state index in [1.165, 1.54) is 18.4 Å². The van der Waals surface area contributed by atoms with Crippen LogP contribution in [0.25, 0.3) is 0 Å². The molecule has 0 saturated carbocycles. The molecule has 0 bridgehead atoms. The minimum atomic E-state index is -0.230. The third-order valence-electron chi connectivity index (χ3n) is 1.84. The number of rotatable bonds is 0. The highest BCUT2D eigenvalue weighted by Gasteiger charge is 2.25. The van der Waals surface area contributed by atoms with Crippen LogP contribution in [0.4, 0.5) is 0 Å². The van der Waals surface area contributed by atoms with Crippen LogP contribution in [0.5, 0.6) is 0 Å². The van der Waals surface area contributed by atoms with Gasteiger partial charge in [-0.25, -0.2) is 0 Å². The van der Waals surface area contributed by atoms with Crippen molar-refractivity contribution in [3.8, 4) is 0 Å². The van der Waals surface area contributed by atoms with Crippen molar-refractivity contribution in [2.24, 2.45) is 0 Å². The van der Waals surface area contributed by atoms with Crippen molar-refractivity contribution in [1.29, 1.82) is 0 Å². The fourth-order valence-corrected chi connectivity index (χ4v) is 1.22. The lowest BCUT2D eigenvalue weighted by Gasteiger charge is -2.04. The fourth-order valence-electron chi connectivity index (χ4n) is 1.22. The van der Waals surface area contributed by atoms with E-state index in [1.54, 1.807) is 6.92 Å². The molecule has 0 spiro atoms. The molecule has 0 amide bonds. The molecule has 1 aromatic heterocycles. The maximum atomic E-state index is 11.3. The van der Waals surface area contributed by atoms with Crippen LogP contribution >= 0.6 is 0 Å². The first-order valence-electron chi connectivity index (χ1n) is 3.55. The predicted octanol–water partition coefficient (Wildman–Crippen LogP) is 1.60. The van der Waals surface area contributed by atoms with Crippen LogP contribution < -0.4 is 0 Å². The van der Waals surface area contributed by atoms with Gasteiger partial charge < -0.3 is 4.42 Å². The predicted molar refractivity (Wildman–Crippen MR) is 41.1 cm³/mol. The molecule has 0 aromatic carbocycles. The molecule has 0 saturated heterocycles. The topological polar surface area (TPSA) is 47.3 Å². The van der Waals surface area contributed by atoms with Crippen LogP contribution in [0, 0.1) is 0 Å². The van der Waals surface area contributed by atoms with Gasteiger partial charge in [-0.3, -0.25) is 9.59 Å². The quantitative estimate of drug-likeness (QED) is 0.582. The van der Waals surface area contributed by atoms with Gasteiger partial charge in [-0.15, -0.1) is 0 Å². The zero-order chi connectivity index (χ0) is 8.72. The summed E-state index contributed by atoms with van der Waals surface area (Å²) in [5.41, 5.74) is 0.842. The molecule has 0 unspecified atom stereocenters. The number of carbonyl (C=O) groups excluding carboxylic acids is 2. The van der Waals surface area contributed by atoms with Crippen LogP contribution in [0.15, 0.2) is 28.4 Å². The second-order valence-electron chi connectivity index (χ2n) is 2.68. The van der Waals surface area contributed by atoms with E-state index in [-0.39, 0.29) is 17.3 Å². The summed E-state index contributed by atoms with van der Waals surface area (Å²) in [4.78, 5) is 22.5. The van der Waals surface area contributed by atoms with Crippen LogP contribution in [-0.2, 0) is 0 Å². The van der Waals surface area contributed by atoms with Gasteiger partial charge in [0.15, 0.2) is 11.5 Å². The van der Waals surface area contributed by atoms with Gasteiger partial charge in [0.1, 0.15) is 0 Å². The summed E-state index contributed by atoms with van der Waals surface area (Å²) in [7, 11) is 0. The largest absolute Gasteiger partial charge is 0.460 e. The Bertz CT molecular complexity index is 396. The summed E-state index contributed by atoms with van der Waals surface area (Å²) in [5, 5.41) is 0. The third-order valence-corrected chi connectivity index (χ3v) is 1.84. The SMILES string of the molecule is CC1=CC(=O)c2occc2C1=O. The number of ketones is 2. The van der Waals surface area contributed by atoms with E-state index in [1.807, 2.05) is 0 Å². The van der Waals surface area contributed by atoms with E-state index in [0.717, 1.165) is 0 Å². The van der Waals surface area contributed by atoms with Gasteiger partial charge in [-0.1, -0.05) is 0 Å². The van der Waals surface area contributed by atoms with Crippen LogP contribution in [-0.4, -0.2) is 11.6 Å². The van der Waals surface area contributed by atoms with E-state index < -0.39 is 0 Å². The Labute approximate surface area is 68.7 Å². The maximum Gasteiger partial charge on any atom is 0.222 e. The number of hydrogen-bond acceptors (Lipinski definition) is 3. The molecule has 0 N–H and O–H groups in total. The maximum absolute atomic E-state index is 11.3. The summed E-state index contributed by atoms with van der Waals surface area (Å²) < 4.78 is 4.87. The van der Waals surface area contributed by atoms with Gasteiger partial charge in [0.2, 0.25) is 5.78 Å². The zero-order valence-corrected chi connectivity index (χ0v) is 6.46. The molecule has 0 radical (unpaired) electrons. The molecule has 3 nitrogen and oxygen atoms in total. The molecule has 0 fully saturated rings. The van der Waals surface area contributed by atoms with Crippen LogP contribution in [0.3, 0.4) is 0 Å². The van der Waals surface area contributed by atoms with Crippen molar-refractivity contribution in [3.63, 3.8) is 0 Å². The van der Waals surface area contributed by atoms with E-state index in [0.29, 0.717) is 11.1 Å². The van der Waals surface area contributed by atoms with Crippen molar-refractivity contribution < 1.29 is 14.0 Å². The Morgan fingerprint density at radius 3 is 2.83 bits per heavy atom. The molecule has 1 aliphatic carbocycles. The Morgan fingerprint density at radius 2 is 2.08 bits per heavy atom. The summed E-state index contributed by atoms with van der Waals surface area (Å²) >= 11 is 0. The molecule has 3 heteroatoms. The summed E-state index contributed by atoms with van der Waals surface area (Å²) in [6.07, 6.45) is 2.65. The number of Topliss-reactive ketones (excluding diaryl/α,β-unsaturated/α-hetero) is 1. The van der Waals surface area contributed by atoms with E-state index in [4.69, 9.17) is 4.42 Å². The molecule has 12 heavy (non-hydrogen) atoms. The first-order chi connectivity index (χ1) is 5.70. The molecular formula is C9H6O3. The van der Waals surface area contributed by atoms with Gasteiger partial charge in [-0.05, 0) is 19.1 Å². The lowest BCUT2D eigenvalue weighted by atomic mass is 9.97. The average Bonchev–Trinajstić information content (AvgIpc) is 2.48. The minimum absolute atomic E-state index is 0.127. The number of hydrogen-bond donors (Lipinski definition) is 0. The van der Waals surface area contributed by atoms with E-state index in [9.17, 15) is 9.59 Å². The highest BCUT2D eigenvalue weighted by atomic mass is 16.3. The van der Waals surface area contributed by atoms with E-state index in [2.05, 4.69) is 0 Å². The van der Waals surface area contributed by atoms with Crippen molar-refractivity contribution in [3.05, 3.63) is 35.3 Å². The van der Waals surface area contributed by atoms with Crippen molar-refractivity contribution in [2.75, 3.05) is 0 Å². The first kappa shape index (κ1) is 7.03. The molecule has 60 valence electrons. The van der Waals surface area contributed by atoms with Gasteiger partial charge >= 0.3 is 0 Å². The summed E-state index contributed by atoms with van der Waals surface area (Å²) in [6, 6.07) is 1.52. The van der Waals surface area contributed by atoms with Gasteiger partial charge in [-0.2, -0.15) is 0 Å². The number of carbonyl (C=O) groups is 2. The number of allylic oxidation sites excluding steroid dienone is 2. The Balaban J connectivity index is 2.67. The first-order valence-corrected chi connectivity index (χ1v) is 3.55. The fraction of sp³-hybridized carbons (Fsp3) is 0.111. The van der Waals surface area contributed by atoms with Gasteiger partial charge in [0.25, 0.3) is 0 Å². The lowest BCUT2D eigenvalue weighted by molar-refractivity contribution is 0.0967. The van der Waals surface area contributed by atoms with Crippen molar-refractivity contribution in [2.45, 2.75) is 6.92 Å². The molecular weight excluding hydrogens is 156 g/mol. The lowest BCUT2D eigenvalue weighted by Crippen LogP contribution is -2.12. The van der Waals surface area contributed by atoms with Crippen molar-refractivity contribution >= 4 is 11.6 Å². The smallest absolute Gasteiger partial charge is 0.222 e. The monoisotopic (exact) mass is 162 g/mol. The summed E-state index contributed by atoms with van der Waals surface area (Å²) in [5.74, 6) is -0.198. The van der Waals surface area contributed by atoms with Crippen LogP contribution in [0.1, 0.15) is 27.8 Å². The van der Waals surface area contributed by atoms with Crippen molar-refractivity contribution in [1.82, 2.24) is 0 Å². The highest BCUT2D eigenvalue weighted by Crippen LogP contribution is 2.21. The molecule has 0 aliphatic heterocycles. The second kappa shape index (κ2) is 2.17. The standard InChI is InChI=1S/C9H6O3/c1-5-4-7(10)9-6(8(5)11)2-3-12-9/h2-4H,1H3. The zero-order valence-electron chi connectivity index (χ0n) is 6.46. The minimum Gasteiger partial charge on any atom is -0.460 e. The van der Waals surface area contributed by atoms with Gasteiger partial charge in [0, 0.05) is 5.57 Å². The highest BCUT2D eigenvalue weighted by molar-refractivity contribution is 6.23. The number of furan rings is 1. The Morgan fingerprint density at radius 1 is 1.33 bits per heavy atom. The Hall–Kier alpha value is -1.64. The normalized spacial score (nSPS) is 15.9. The van der Waals surface area contributed by atoms with Crippen LogP contribution in [0.2, 0.25) is 0 Å².